The fourth-order valence-corrected chi connectivity index (χ4v) is 5.55. The van der Waals surface area contributed by atoms with Crippen molar-refractivity contribution < 1.29 is 42.1 Å². The average Bonchev–Trinajstić information content (AvgIpc) is 3.36. The highest BCUT2D eigenvalue weighted by atomic mass is 32.2. The number of carboxylic acids is 1. The summed E-state index contributed by atoms with van der Waals surface area (Å²) in [5, 5.41) is 21.8. The van der Waals surface area contributed by atoms with Crippen LogP contribution in [0.3, 0.4) is 0 Å². The van der Waals surface area contributed by atoms with Gasteiger partial charge in [0, 0.05) is 37.2 Å². The van der Waals surface area contributed by atoms with Crippen molar-refractivity contribution in [3.05, 3.63) is 11.1 Å². The van der Waals surface area contributed by atoms with E-state index in [1.54, 1.807) is 0 Å². The molecule has 2 fully saturated rings. The van der Waals surface area contributed by atoms with Gasteiger partial charge in [-0.2, -0.15) is 8.42 Å². The van der Waals surface area contributed by atoms with Crippen molar-refractivity contribution in [2.75, 3.05) is 18.8 Å². The molecule has 0 radical (unpaired) electrons. The van der Waals surface area contributed by atoms with Crippen LogP contribution in [-0.2, 0) is 34.3 Å². The third-order valence-electron chi connectivity index (χ3n) is 6.14. The molecule has 1 unspecified atom stereocenters. The van der Waals surface area contributed by atoms with Crippen molar-refractivity contribution in [3.8, 4) is 0 Å². The van der Waals surface area contributed by atoms with Crippen LogP contribution in [0.1, 0.15) is 38.8 Å². The standard InChI is InChI=1S/C20H27N7O9S2/c1-20(2,18(31)32)36-25-15(11-8-37-19(23)24-11)13(28)6-10-12(27(17(10)30)38(33,34)35)7-26-4-3-9(16(26)29)5-14(21)22/h8-10,12H,3-7H2,1-2H3,(H3,21,22)(H2,23,24)(H,31,32)(H,33,34,35)/b25-15-/t9?,10-,12+/m0/s1. The zero-order valence-electron chi connectivity index (χ0n) is 20.4. The minimum absolute atomic E-state index is 0.0200. The molecule has 2 aliphatic heterocycles. The summed E-state index contributed by atoms with van der Waals surface area (Å²) in [5.74, 6) is -5.70. The molecule has 208 valence electrons. The lowest BCUT2D eigenvalue weighted by atomic mass is 9.84. The largest absolute Gasteiger partial charge is 0.478 e. The number of amidine groups is 1. The number of nitrogens with zero attached hydrogens (tertiary/aromatic N) is 4. The van der Waals surface area contributed by atoms with Crippen molar-refractivity contribution in [2.45, 2.75) is 44.8 Å². The number of ketones is 1. The predicted molar refractivity (Wildman–Crippen MR) is 132 cm³/mol. The SMILES string of the molecule is CC(C)(O/N=C(\C(=O)C[C@@H]1C(=O)N(S(=O)(=O)O)[C@@H]1CN1CCC(CC(=N)N)C1=O)c1csc(N)n1)C(=O)O. The molecular formula is C20H27N7O9S2. The van der Waals surface area contributed by atoms with Gasteiger partial charge >= 0.3 is 16.3 Å². The Morgan fingerprint density at radius 3 is 2.50 bits per heavy atom. The van der Waals surface area contributed by atoms with E-state index in [-0.39, 0.29) is 40.5 Å². The van der Waals surface area contributed by atoms with Gasteiger partial charge in [-0.1, -0.05) is 5.16 Å². The van der Waals surface area contributed by atoms with Crippen molar-refractivity contribution in [3.63, 3.8) is 0 Å². The lowest BCUT2D eigenvalue weighted by Gasteiger charge is -2.45. The first kappa shape index (κ1) is 28.9. The van der Waals surface area contributed by atoms with Crippen LogP contribution in [0.2, 0.25) is 0 Å². The fourth-order valence-electron chi connectivity index (χ4n) is 4.08. The number of hydrogen-bond acceptors (Lipinski definition) is 12. The fraction of sp³-hybridized carbons (Fsp3) is 0.550. The van der Waals surface area contributed by atoms with E-state index in [0.717, 1.165) is 11.3 Å². The average molecular weight is 574 g/mol. The Labute approximate surface area is 221 Å². The first-order valence-electron chi connectivity index (χ1n) is 11.2. The van der Waals surface area contributed by atoms with E-state index in [9.17, 15) is 37.3 Å². The van der Waals surface area contributed by atoms with Crippen LogP contribution in [0.4, 0.5) is 5.13 Å². The van der Waals surface area contributed by atoms with Gasteiger partial charge in [0.25, 0.3) is 0 Å². The van der Waals surface area contributed by atoms with Crippen LogP contribution in [0.5, 0.6) is 0 Å². The number of rotatable bonds is 12. The summed E-state index contributed by atoms with van der Waals surface area (Å²) >= 11 is 0.965. The molecule has 2 amide bonds. The molecule has 3 atom stereocenters. The number of nitrogens with one attached hydrogen (secondary N) is 1. The van der Waals surface area contributed by atoms with Crippen LogP contribution in [0.25, 0.3) is 0 Å². The van der Waals surface area contributed by atoms with Gasteiger partial charge in [0.05, 0.1) is 17.8 Å². The second kappa shape index (κ2) is 10.6. The highest BCUT2D eigenvalue weighted by Gasteiger charge is 2.55. The molecule has 3 rings (SSSR count). The van der Waals surface area contributed by atoms with E-state index in [4.69, 9.17) is 21.7 Å². The molecule has 0 spiro atoms. The quantitative estimate of drug-likeness (QED) is 0.0668. The second-order valence-corrected chi connectivity index (χ2v) is 11.5. The first-order valence-corrected chi connectivity index (χ1v) is 13.5. The molecule has 1 aromatic heterocycles. The number of nitrogen functional groups attached to an aromatic ring is 1. The number of thiazole rings is 1. The van der Waals surface area contributed by atoms with Crippen LogP contribution in [0.15, 0.2) is 10.5 Å². The number of oxime groups is 1. The summed E-state index contributed by atoms with van der Waals surface area (Å²) in [6.07, 6.45) is -0.235. The number of hydrogen-bond donors (Lipinski definition) is 5. The van der Waals surface area contributed by atoms with Crippen LogP contribution in [0, 0.1) is 17.2 Å². The molecule has 0 bridgehead atoms. The number of β-lactam (4-membered cyclic amide) rings is 1. The molecule has 2 saturated heterocycles. The summed E-state index contributed by atoms with van der Waals surface area (Å²) < 4.78 is 33.5. The van der Waals surface area contributed by atoms with Gasteiger partial charge in [-0.15, -0.1) is 11.3 Å². The number of carbonyl (C=O) groups is 4. The minimum atomic E-state index is -5.00. The lowest BCUT2D eigenvalue weighted by molar-refractivity contribution is -0.161. The number of Topliss-reactive ketones (excluding diaryl/α,β-unsaturated/α-hetero) is 1. The number of aliphatic carboxylic acids is 1. The monoisotopic (exact) mass is 573 g/mol. The summed E-state index contributed by atoms with van der Waals surface area (Å²) in [6, 6.07) is -1.26. The van der Waals surface area contributed by atoms with E-state index >= 15 is 0 Å². The Kier molecular flexibility index (Phi) is 8.08. The molecule has 16 nitrogen and oxygen atoms in total. The zero-order valence-corrected chi connectivity index (χ0v) is 22.0. The van der Waals surface area contributed by atoms with E-state index in [2.05, 4.69) is 10.1 Å². The van der Waals surface area contributed by atoms with E-state index < -0.39 is 69.5 Å². The van der Waals surface area contributed by atoms with Gasteiger partial charge in [-0.05, 0) is 20.3 Å². The Morgan fingerprint density at radius 2 is 1.97 bits per heavy atom. The van der Waals surface area contributed by atoms with Gasteiger partial charge in [-0.3, -0.25) is 24.3 Å². The van der Waals surface area contributed by atoms with E-state index in [1.807, 2.05) is 0 Å². The van der Waals surface area contributed by atoms with Crippen molar-refractivity contribution in [1.82, 2.24) is 14.2 Å². The van der Waals surface area contributed by atoms with Crippen molar-refractivity contribution in [1.29, 1.82) is 5.41 Å². The second-order valence-electron chi connectivity index (χ2n) is 9.33. The Morgan fingerprint density at radius 1 is 1.32 bits per heavy atom. The van der Waals surface area contributed by atoms with Crippen LogP contribution in [-0.4, -0.2) is 92.1 Å². The molecule has 0 saturated carbocycles. The highest BCUT2D eigenvalue weighted by molar-refractivity contribution is 7.84. The van der Waals surface area contributed by atoms with Crippen LogP contribution < -0.4 is 11.5 Å². The number of carboxylic acid groups (broad SMARTS) is 1. The summed E-state index contributed by atoms with van der Waals surface area (Å²) in [6.45, 7) is 2.29. The minimum Gasteiger partial charge on any atom is -0.478 e. The van der Waals surface area contributed by atoms with Crippen LogP contribution >= 0.6 is 11.3 Å². The summed E-state index contributed by atoms with van der Waals surface area (Å²) in [5.41, 5.74) is 8.70. The van der Waals surface area contributed by atoms with Gasteiger partial charge < -0.3 is 26.3 Å². The molecule has 0 aromatic carbocycles. The third-order valence-corrected chi connectivity index (χ3v) is 7.77. The molecule has 7 N–H and O–H groups in total. The smallest absolute Gasteiger partial charge is 0.362 e. The molecule has 1 aromatic rings. The Bertz CT molecular complexity index is 1310. The molecule has 3 heterocycles. The summed E-state index contributed by atoms with van der Waals surface area (Å²) in [4.78, 5) is 60.3. The maximum absolute atomic E-state index is 13.2. The van der Waals surface area contributed by atoms with Gasteiger partial charge in [0.15, 0.2) is 16.6 Å². The number of nitrogens with two attached hydrogens (primary N) is 2. The first-order chi connectivity index (χ1) is 17.5. The Hall–Kier alpha value is -3.64. The van der Waals surface area contributed by atoms with Gasteiger partial charge in [0.1, 0.15) is 5.69 Å². The number of anilines is 1. The normalized spacial score (nSPS) is 22.4. The molecule has 0 aliphatic carbocycles. The summed E-state index contributed by atoms with van der Waals surface area (Å²) in [7, 11) is -5.00. The number of likely N-dealkylation sites (tertiary alicyclic amines) is 1. The van der Waals surface area contributed by atoms with Crippen molar-refractivity contribution >= 4 is 61.9 Å². The molecule has 38 heavy (non-hydrogen) atoms. The number of aromatic nitrogens is 1. The molecule has 2 aliphatic rings. The maximum Gasteiger partial charge on any atom is 0.362 e. The number of amides is 2. The predicted octanol–water partition coefficient (Wildman–Crippen LogP) is -0.927. The lowest BCUT2D eigenvalue weighted by Crippen LogP contribution is -2.66. The molecule has 18 heteroatoms. The number of carbonyl (C=O) groups excluding carboxylic acids is 3. The molecular weight excluding hydrogens is 546 g/mol. The van der Waals surface area contributed by atoms with E-state index in [0.29, 0.717) is 6.42 Å². The van der Waals surface area contributed by atoms with Gasteiger partial charge in [-0.25, -0.2) is 14.1 Å². The zero-order chi connectivity index (χ0) is 28.6. The Balaban J connectivity index is 1.85. The van der Waals surface area contributed by atoms with Crippen molar-refractivity contribution in [2.24, 2.45) is 22.7 Å². The van der Waals surface area contributed by atoms with E-state index in [1.165, 1.54) is 24.1 Å². The third kappa shape index (κ3) is 6.08. The topological polar surface area (TPSA) is 260 Å². The van der Waals surface area contributed by atoms with Gasteiger partial charge in [0.2, 0.25) is 17.4 Å². The highest BCUT2D eigenvalue weighted by Crippen LogP contribution is 2.35. The maximum atomic E-state index is 13.2.